The molecule has 7 heteroatoms. The lowest BCUT2D eigenvalue weighted by Crippen LogP contribution is -2.45. The van der Waals surface area contributed by atoms with Crippen LogP contribution in [0, 0.1) is 5.92 Å². The molecule has 1 saturated heterocycles. The van der Waals surface area contributed by atoms with Gasteiger partial charge in [0.1, 0.15) is 5.75 Å². The summed E-state index contributed by atoms with van der Waals surface area (Å²) in [6, 6.07) is 8.37. The number of hydrogen-bond acceptors (Lipinski definition) is 3. The molecule has 1 heterocycles. The Kier molecular flexibility index (Phi) is 12.0. The van der Waals surface area contributed by atoms with Crippen molar-refractivity contribution in [2.24, 2.45) is 10.9 Å². The van der Waals surface area contributed by atoms with E-state index in [1.807, 2.05) is 30.9 Å². The Morgan fingerprint density at radius 3 is 2.83 bits per heavy atom. The number of ether oxygens (including phenoxy) is 1. The average Bonchev–Trinajstić information content (AvgIpc) is 3.14. The molecule has 1 aliphatic heterocycles. The van der Waals surface area contributed by atoms with E-state index in [1.54, 1.807) is 0 Å². The highest BCUT2D eigenvalue weighted by atomic mass is 127. The van der Waals surface area contributed by atoms with Gasteiger partial charge in [-0.15, -0.1) is 24.0 Å². The van der Waals surface area contributed by atoms with Gasteiger partial charge in [-0.2, -0.15) is 0 Å². The minimum Gasteiger partial charge on any atom is -0.494 e. The lowest BCUT2D eigenvalue weighted by Gasteiger charge is -2.20. The molecule has 0 spiro atoms. The summed E-state index contributed by atoms with van der Waals surface area (Å²) in [6.45, 7) is 11.8. The summed E-state index contributed by atoms with van der Waals surface area (Å²) < 4.78 is 5.79. The molecule has 0 radical (unpaired) electrons. The van der Waals surface area contributed by atoms with Crippen LogP contribution < -0.4 is 15.4 Å². The fraction of sp³-hybridized carbons (Fsp3) is 0.636. The Morgan fingerprint density at radius 1 is 1.34 bits per heavy atom. The number of halogens is 1. The van der Waals surface area contributed by atoms with Gasteiger partial charge in [-0.3, -0.25) is 4.79 Å². The van der Waals surface area contributed by atoms with Gasteiger partial charge in [0, 0.05) is 31.6 Å². The fourth-order valence-corrected chi connectivity index (χ4v) is 3.20. The van der Waals surface area contributed by atoms with Crippen LogP contribution in [0.5, 0.6) is 5.75 Å². The summed E-state index contributed by atoms with van der Waals surface area (Å²) in [5.74, 6) is 1.97. The van der Waals surface area contributed by atoms with Crippen LogP contribution in [0.3, 0.4) is 0 Å². The van der Waals surface area contributed by atoms with Gasteiger partial charge in [-0.25, -0.2) is 4.99 Å². The maximum Gasteiger partial charge on any atom is 0.225 e. The first kappa shape index (κ1) is 25.5. The molecule has 1 atom stereocenters. The van der Waals surface area contributed by atoms with Crippen molar-refractivity contribution in [2.75, 3.05) is 26.2 Å². The van der Waals surface area contributed by atoms with E-state index in [4.69, 9.17) is 9.73 Å². The average molecular weight is 516 g/mol. The van der Waals surface area contributed by atoms with Gasteiger partial charge in [-0.05, 0) is 37.5 Å². The van der Waals surface area contributed by atoms with E-state index in [2.05, 4.69) is 36.6 Å². The standard InChI is InChI=1S/C22H36N4O2.HI/c1-5-7-13-28-20-10-8-9-18(14-20)15-24-22(23-6-2)25-19-11-12-26(16-19)21(27)17(3)4;/h8-10,14,17,19H,5-7,11-13,15-16H2,1-4H3,(H2,23,24,25);1H. The third-order valence-electron chi connectivity index (χ3n) is 4.76. The van der Waals surface area contributed by atoms with E-state index in [9.17, 15) is 4.79 Å². The van der Waals surface area contributed by atoms with Crippen molar-refractivity contribution in [1.29, 1.82) is 0 Å². The fourth-order valence-electron chi connectivity index (χ4n) is 3.20. The molecule has 0 saturated carbocycles. The molecule has 1 aromatic rings. The first-order valence-corrected chi connectivity index (χ1v) is 10.6. The molecule has 0 aromatic heterocycles. The highest BCUT2D eigenvalue weighted by Gasteiger charge is 2.27. The number of nitrogens with zero attached hydrogens (tertiary/aromatic N) is 2. The van der Waals surface area contributed by atoms with Gasteiger partial charge in [-0.1, -0.05) is 39.3 Å². The lowest BCUT2D eigenvalue weighted by atomic mass is 10.2. The Hall–Kier alpha value is -1.51. The van der Waals surface area contributed by atoms with Crippen LogP contribution in [-0.2, 0) is 11.3 Å². The molecule has 1 unspecified atom stereocenters. The second-order valence-electron chi connectivity index (χ2n) is 7.61. The van der Waals surface area contributed by atoms with E-state index >= 15 is 0 Å². The summed E-state index contributed by atoms with van der Waals surface area (Å²) in [5, 5.41) is 6.79. The smallest absolute Gasteiger partial charge is 0.225 e. The molecule has 164 valence electrons. The van der Waals surface area contributed by atoms with Crippen LogP contribution in [0.1, 0.15) is 52.5 Å². The zero-order valence-corrected chi connectivity index (χ0v) is 20.6. The van der Waals surface area contributed by atoms with Gasteiger partial charge in [0.05, 0.1) is 13.2 Å². The number of benzene rings is 1. The van der Waals surface area contributed by atoms with Gasteiger partial charge in [0.2, 0.25) is 5.91 Å². The molecule has 2 N–H and O–H groups in total. The Balaban J connectivity index is 0.00000420. The summed E-state index contributed by atoms with van der Waals surface area (Å²) in [6.07, 6.45) is 3.14. The Labute approximate surface area is 192 Å². The zero-order chi connectivity index (χ0) is 20.4. The third kappa shape index (κ3) is 8.80. The van der Waals surface area contributed by atoms with Crippen molar-refractivity contribution in [3.8, 4) is 5.75 Å². The number of guanidine groups is 1. The first-order chi connectivity index (χ1) is 13.5. The monoisotopic (exact) mass is 516 g/mol. The molecule has 0 bridgehead atoms. The van der Waals surface area contributed by atoms with E-state index in [-0.39, 0.29) is 41.8 Å². The molecular weight excluding hydrogens is 479 g/mol. The number of unbranched alkanes of at least 4 members (excludes halogenated alkanes) is 1. The normalized spacial score (nSPS) is 16.5. The third-order valence-corrected chi connectivity index (χ3v) is 4.76. The molecule has 6 nitrogen and oxygen atoms in total. The van der Waals surface area contributed by atoms with Gasteiger partial charge in [0.25, 0.3) is 0 Å². The summed E-state index contributed by atoms with van der Waals surface area (Å²) in [5.41, 5.74) is 1.12. The van der Waals surface area contributed by atoms with Crippen molar-refractivity contribution in [2.45, 2.75) is 59.5 Å². The molecule has 0 aliphatic carbocycles. The maximum absolute atomic E-state index is 12.2. The number of carbonyl (C=O) groups excluding carboxylic acids is 1. The number of rotatable bonds is 9. The highest BCUT2D eigenvalue weighted by molar-refractivity contribution is 14.0. The number of amides is 1. The summed E-state index contributed by atoms with van der Waals surface area (Å²) in [7, 11) is 0. The summed E-state index contributed by atoms with van der Waals surface area (Å²) >= 11 is 0. The van der Waals surface area contributed by atoms with Crippen LogP contribution in [0.4, 0.5) is 0 Å². The SMILES string of the molecule is CCCCOc1cccc(CN=C(NCC)NC2CCN(C(=O)C(C)C)C2)c1.I. The van der Waals surface area contributed by atoms with Crippen LogP contribution in [0.15, 0.2) is 29.3 Å². The molecule has 1 fully saturated rings. The van der Waals surface area contributed by atoms with Crippen molar-refractivity contribution in [3.63, 3.8) is 0 Å². The minimum absolute atomic E-state index is 0. The predicted molar refractivity (Wildman–Crippen MR) is 130 cm³/mol. The number of likely N-dealkylation sites (tertiary alicyclic amines) is 1. The largest absolute Gasteiger partial charge is 0.494 e. The van der Waals surface area contributed by atoms with Crippen LogP contribution >= 0.6 is 24.0 Å². The van der Waals surface area contributed by atoms with Crippen molar-refractivity contribution in [3.05, 3.63) is 29.8 Å². The van der Waals surface area contributed by atoms with E-state index in [0.717, 1.165) is 62.8 Å². The van der Waals surface area contributed by atoms with E-state index in [0.29, 0.717) is 6.54 Å². The second kappa shape index (κ2) is 13.7. The maximum atomic E-state index is 12.2. The molecule has 29 heavy (non-hydrogen) atoms. The Morgan fingerprint density at radius 2 is 2.14 bits per heavy atom. The minimum atomic E-state index is 0. The van der Waals surface area contributed by atoms with Crippen LogP contribution in [-0.4, -0.2) is 49.0 Å². The topological polar surface area (TPSA) is 66.0 Å². The summed E-state index contributed by atoms with van der Waals surface area (Å²) in [4.78, 5) is 18.9. The zero-order valence-electron chi connectivity index (χ0n) is 18.2. The molecule has 1 aliphatic rings. The number of carbonyl (C=O) groups is 1. The second-order valence-corrected chi connectivity index (χ2v) is 7.61. The molecule has 1 amide bonds. The number of aliphatic imine (C=N–C) groups is 1. The first-order valence-electron chi connectivity index (χ1n) is 10.6. The van der Waals surface area contributed by atoms with E-state index < -0.39 is 0 Å². The van der Waals surface area contributed by atoms with Crippen molar-refractivity contribution >= 4 is 35.8 Å². The highest BCUT2D eigenvalue weighted by Crippen LogP contribution is 2.15. The van der Waals surface area contributed by atoms with Gasteiger partial charge in [0.15, 0.2) is 5.96 Å². The van der Waals surface area contributed by atoms with Crippen molar-refractivity contribution in [1.82, 2.24) is 15.5 Å². The van der Waals surface area contributed by atoms with Gasteiger partial charge < -0.3 is 20.3 Å². The quantitative estimate of drug-likeness (QED) is 0.227. The predicted octanol–water partition coefficient (Wildman–Crippen LogP) is 3.80. The van der Waals surface area contributed by atoms with Crippen LogP contribution in [0.2, 0.25) is 0 Å². The lowest BCUT2D eigenvalue weighted by molar-refractivity contribution is -0.133. The molecule has 2 rings (SSSR count). The van der Waals surface area contributed by atoms with Crippen LogP contribution in [0.25, 0.3) is 0 Å². The Bertz CT molecular complexity index is 651. The number of hydrogen-bond donors (Lipinski definition) is 2. The molecular formula is C22H37IN4O2. The number of nitrogens with one attached hydrogen (secondary N) is 2. The van der Waals surface area contributed by atoms with E-state index in [1.165, 1.54) is 0 Å². The van der Waals surface area contributed by atoms with Gasteiger partial charge >= 0.3 is 0 Å². The molecule has 1 aromatic carbocycles. The van der Waals surface area contributed by atoms with Crippen molar-refractivity contribution < 1.29 is 9.53 Å².